The average molecular weight is 548 g/mol. The molecule has 170 valence electrons. The van der Waals surface area contributed by atoms with Gasteiger partial charge in [0, 0.05) is 45.6 Å². The van der Waals surface area contributed by atoms with E-state index in [9.17, 15) is 4.79 Å². The summed E-state index contributed by atoms with van der Waals surface area (Å²) in [5.41, 5.74) is 3.00. The smallest absolute Gasteiger partial charge is 0.246 e. The quantitative estimate of drug-likeness (QED) is 0.290. The maximum atomic E-state index is 12.7. The minimum absolute atomic E-state index is 0. The highest BCUT2D eigenvalue weighted by atomic mass is 127. The number of rotatable bonds is 6. The van der Waals surface area contributed by atoms with E-state index in [0.717, 1.165) is 42.4 Å². The number of carbonyl (C=O) groups excluding carboxylic acids is 1. The zero-order valence-electron chi connectivity index (χ0n) is 18.4. The van der Waals surface area contributed by atoms with Crippen LogP contribution in [0.1, 0.15) is 12.5 Å². The number of nitrogens with one attached hydrogen (secondary N) is 1. The molecule has 1 aliphatic rings. The van der Waals surface area contributed by atoms with E-state index in [0.29, 0.717) is 19.6 Å². The Hall–Kier alpha value is -2.89. The van der Waals surface area contributed by atoms with Gasteiger partial charge in [0.25, 0.3) is 0 Å². The van der Waals surface area contributed by atoms with E-state index in [1.807, 2.05) is 72.5 Å². The topological polar surface area (TPSA) is 83.6 Å². The van der Waals surface area contributed by atoms with Gasteiger partial charge >= 0.3 is 0 Å². The molecule has 0 atom stereocenters. The predicted molar refractivity (Wildman–Crippen MR) is 136 cm³/mol. The maximum absolute atomic E-state index is 12.7. The van der Waals surface area contributed by atoms with Gasteiger partial charge in [-0.2, -0.15) is 10.2 Å². The maximum Gasteiger partial charge on any atom is 0.246 e. The monoisotopic (exact) mass is 548 g/mol. The Morgan fingerprint density at radius 3 is 2.59 bits per heavy atom. The lowest BCUT2D eigenvalue weighted by Crippen LogP contribution is -2.55. The van der Waals surface area contributed by atoms with Gasteiger partial charge < -0.3 is 15.1 Å². The minimum atomic E-state index is 0. The number of aromatic nitrogens is 4. The molecule has 3 aromatic rings. The van der Waals surface area contributed by atoms with Crippen molar-refractivity contribution in [3.05, 3.63) is 60.7 Å². The average Bonchev–Trinajstić information content (AvgIpc) is 3.43. The normalized spacial score (nSPS) is 14.4. The molecule has 9 nitrogen and oxygen atoms in total. The number of piperazine rings is 1. The lowest BCUT2D eigenvalue weighted by Gasteiger charge is -2.35. The number of nitrogens with zero attached hydrogens (tertiary/aromatic N) is 7. The van der Waals surface area contributed by atoms with Crippen molar-refractivity contribution < 1.29 is 4.79 Å². The second-order valence-corrected chi connectivity index (χ2v) is 7.45. The molecule has 0 unspecified atom stereocenters. The van der Waals surface area contributed by atoms with Crippen LogP contribution in [0.2, 0.25) is 0 Å². The molecule has 1 saturated heterocycles. The lowest BCUT2D eigenvalue weighted by atomic mass is 10.2. The third kappa shape index (κ3) is 5.67. The third-order valence-corrected chi connectivity index (χ3v) is 5.18. The van der Waals surface area contributed by atoms with Gasteiger partial charge in [-0.05, 0) is 31.0 Å². The Bertz CT molecular complexity index is 1050. The highest BCUT2D eigenvalue weighted by Gasteiger charge is 2.27. The Morgan fingerprint density at radius 1 is 1.09 bits per heavy atom. The summed E-state index contributed by atoms with van der Waals surface area (Å²) < 4.78 is 3.58. The van der Waals surface area contributed by atoms with Gasteiger partial charge in [0.1, 0.15) is 6.54 Å². The number of aryl methyl sites for hydroxylation is 1. The van der Waals surface area contributed by atoms with Crippen molar-refractivity contribution in [3.63, 3.8) is 0 Å². The number of benzene rings is 1. The van der Waals surface area contributed by atoms with E-state index in [1.165, 1.54) is 0 Å². The number of hydrogen-bond acceptors (Lipinski definition) is 4. The van der Waals surface area contributed by atoms with Crippen LogP contribution in [-0.4, -0.2) is 69.1 Å². The number of carbonyl (C=O) groups is 1. The van der Waals surface area contributed by atoms with Gasteiger partial charge in [-0.3, -0.25) is 14.5 Å². The van der Waals surface area contributed by atoms with Gasteiger partial charge in [-0.25, -0.2) is 4.68 Å². The fourth-order valence-corrected chi connectivity index (χ4v) is 3.60. The first kappa shape index (κ1) is 23.8. The van der Waals surface area contributed by atoms with Crippen molar-refractivity contribution in [1.82, 2.24) is 29.8 Å². The van der Waals surface area contributed by atoms with E-state index in [4.69, 9.17) is 4.99 Å². The minimum Gasteiger partial charge on any atom is -0.357 e. The summed E-state index contributed by atoms with van der Waals surface area (Å²) in [5.74, 6) is 0.825. The first-order valence-corrected chi connectivity index (χ1v) is 10.6. The number of hydrogen-bond donors (Lipinski definition) is 1. The van der Waals surface area contributed by atoms with Crippen LogP contribution in [0.4, 0.5) is 5.69 Å². The van der Waals surface area contributed by atoms with E-state index < -0.39 is 0 Å². The van der Waals surface area contributed by atoms with Gasteiger partial charge in [-0.15, -0.1) is 24.0 Å². The van der Waals surface area contributed by atoms with Crippen LogP contribution in [0.25, 0.3) is 5.69 Å². The highest BCUT2D eigenvalue weighted by Crippen LogP contribution is 2.16. The summed E-state index contributed by atoms with van der Waals surface area (Å²) in [4.78, 5) is 21.3. The largest absolute Gasteiger partial charge is 0.357 e. The summed E-state index contributed by atoms with van der Waals surface area (Å²) in [6, 6.07) is 10.0. The van der Waals surface area contributed by atoms with Gasteiger partial charge in [-0.1, -0.05) is 18.2 Å². The van der Waals surface area contributed by atoms with Crippen molar-refractivity contribution in [2.24, 2.45) is 12.0 Å². The van der Waals surface area contributed by atoms with E-state index in [-0.39, 0.29) is 29.9 Å². The molecule has 1 N–H and O–H groups in total. The molecule has 2 aromatic heterocycles. The van der Waals surface area contributed by atoms with Crippen LogP contribution in [0.5, 0.6) is 0 Å². The van der Waals surface area contributed by atoms with Crippen LogP contribution >= 0.6 is 24.0 Å². The van der Waals surface area contributed by atoms with Crippen LogP contribution in [0.3, 0.4) is 0 Å². The summed E-state index contributed by atoms with van der Waals surface area (Å²) >= 11 is 0. The molecule has 0 saturated carbocycles. The van der Waals surface area contributed by atoms with Crippen LogP contribution < -0.4 is 10.2 Å². The molecular weight excluding hydrogens is 519 g/mol. The molecule has 1 amide bonds. The lowest BCUT2D eigenvalue weighted by molar-refractivity contribution is -0.120. The Morgan fingerprint density at radius 2 is 1.91 bits per heavy atom. The second-order valence-electron chi connectivity index (χ2n) is 7.45. The van der Waals surface area contributed by atoms with Gasteiger partial charge in [0.2, 0.25) is 5.91 Å². The standard InChI is InChI=1S/C22H28N8O.HI/c1-3-23-22(28-11-12-29(21(31)17-28)20-14-25-27(2)16-20)24-10-9-18-13-26-30(15-18)19-7-5-4-6-8-19;/h4-8,13-16H,3,9-12,17H2,1-2H3,(H,23,24);1H. The predicted octanol–water partition coefficient (Wildman–Crippen LogP) is 2.08. The molecule has 32 heavy (non-hydrogen) atoms. The zero-order chi connectivity index (χ0) is 21.6. The summed E-state index contributed by atoms with van der Waals surface area (Å²) in [6.07, 6.45) is 8.29. The van der Waals surface area contributed by atoms with Crippen LogP contribution in [0.15, 0.2) is 60.1 Å². The molecule has 10 heteroatoms. The van der Waals surface area contributed by atoms with Gasteiger partial charge in [0.15, 0.2) is 5.96 Å². The number of aliphatic imine (C=N–C) groups is 1. The Kier molecular flexibility index (Phi) is 8.26. The van der Waals surface area contributed by atoms with Crippen molar-refractivity contribution in [2.75, 3.05) is 37.6 Å². The second kappa shape index (κ2) is 11.1. The summed E-state index contributed by atoms with van der Waals surface area (Å²) in [6.45, 7) is 5.04. The molecule has 1 aromatic carbocycles. The number of guanidine groups is 1. The van der Waals surface area contributed by atoms with Crippen molar-refractivity contribution in [3.8, 4) is 5.69 Å². The molecule has 0 radical (unpaired) electrons. The van der Waals surface area contributed by atoms with E-state index in [2.05, 4.69) is 15.5 Å². The molecule has 0 aliphatic carbocycles. The number of amides is 1. The van der Waals surface area contributed by atoms with Crippen molar-refractivity contribution >= 4 is 41.5 Å². The third-order valence-electron chi connectivity index (χ3n) is 5.18. The molecular formula is C22H29IN8O. The molecule has 4 rings (SSSR count). The van der Waals surface area contributed by atoms with Crippen molar-refractivity contribution in [2.45, 2.75) is 13.3 Å². The molecule has 3 heterocycles. The Labute approximate surface area is 205 Å². The van der Waals surface area contributed by atoms with E-state index >= 15 is 0 Å². The number of anilines is 1. The van der Waals surface area contributed by atoms with Crippen LogP contribution in [-0.2, 0) is 18.3 Å². The number of halogens is 1. The van der Waals surface area contributed by atoms with Crippen molar-refractivity contribution in [1.29, 1.82) is 0 Å². The SMILES string of the molecule is CCNC(=NCCc1cnn(-c2ccccc2)c1)N1CCN(c2cnn(C)c2)C(=O)C1.I. The summed E-state index contributed by atoms with van der Waals surface area (Å²) in [5, 5.41) is 11.9. The van der Waals surface area contributed by atoms with Gasteiger partial charge in [0.05, 0.1) is 23.8 Å². The Balaban J connectivity index is 0.00000289. The van der Waals surface area contributed by atoms with Crippen LogP contribution in [0, 0.1) is 0 Å². The first-order chi connectivity index (χ1) is 15.1. The first-order valence-electron chi connectivity index (χ1n) is 10.6. The fourth-order valence-electron chi connectivity index (χ4n) is 3.60. The summed E-state index contributed by atoms with van der Waals surface area (Å²) in [7, 11) is 1.85. The molecule has 1 aliphatic heterocycles. The molecule has 1 fully saturated rings. The zero-order valence-corrected chi connectivity index (χ0v) is 20.7. The van der Waals surface area contributed by atoms with E-state index in [1.54, 1.807) is 15.8 Å². The highest BCUT2D eigenvalue weighted by molar-refractivity contribution is 14.0. The number of para-hydroxylation sites is 1. The fraction of sp³-hybridized carbons (Fsp3) is 0.364. The molecule has 0 bridgehead atoms. The molecule has 0 spiro atoms.